The summed E-state index contributed by atoms with van der Waals surface area (Å²) in [6.45, 7) is 1.76. The molecule has 2 aliphatic rings. The predicted molar refractivity (Wildman–Crippen MR) is 68.0 cm³/mol. The Kier molecular flexibility index (Phi) is 3.33. The lowest BCUT2D eigenvalue weighted by Crippen LogP contribution is -2.47. The van der Waals surface area contributed by atoms with Crippen molar-refractivity contribution in [3.05, 3.63) is 17.6 Å². The molecule has 0 saturated carbocycles. The Morgan fingerprint density at radius 3 is 3.21 bits per heavy atom. The average Bonchev–Trinajstić information content (AvgIpc) is 2.94. The van der Waals surface area contributed by atoms with Crippen LogP contribution in [0.5, 0.6) is 0 Å². The molecule has 6 nitrogen and oxygen atoms in total. The van der Waals surface area contributed by atoms with E-state index in [0.29, 0.717) is 13.2 Å². The molecule has 1 fully saturated rings. The molecule has 0 bridgehead atoms. The van der Waals surface area contributed by atoms with Crippen molar-refractivity contribution in [2.45, 2.75) is 25.4 Å². The average molecular weight is 263 g/mol. The van der Waals surface area contributed by atoms with Gasteiger partial charge >= 0.3 is 5.97 Å². The molecule has 1 atom stereocenters. The van der Waals surface area contributed by atoms with Crippen LogP contribution < -0.4 is 4.90 Å². The first-order valence-electron chi connectivity index (χ1n) is 6.56. The molecule has 1 unspecified atom stereocenters. The van der Waals surface area contributed by atoms with Crippen LogP contribution in [-0.2, 0) is 27.1 Å². The molecule has 102 valence electrons. The Labute approximate surface area is 111 Å². The molecular weight excluding hydrogens is 246 g/mol. The zero-order valence-corrected chi connectivity index (χ0v) is 11.0. The lowest BCUT2D eigenvalue weighted by Gasteiger charge is -2.33. The highest BCUT2D eigenvalue weighted by atomic mass is 16.6. The van der Waals surface area contributed by atoms with Crippen LogP contribution in [-0.4, -0.2) is 48.8 Å². The number of rotatable bonds is 2. The third-order valence-electron chi connectivity index (χ3n) is 3.68. The van der Waals surface area contributed by atoms with Gasteiger partial charge in [-0.3, -0.25) is 0 Å². The summed E-state index contributed by atoms with van der Waals surface area (Å²) in [5.41, 5.74) is 2.37. The number of hydrogen-bond acceptors (Lipinski definition) is 6. The van der Waals surface area contributed by atoms with Crippen LogP contribution in [0, 0.1) is 0 Å². The van der Waals surface area contributed by atoms with Crippen LogP contribution >= 0.6 is 0 Å². The third kappa shape index (κ3) is 2.28. The summed E-state index contributed by atoms with van der Waals surface area (Å²) in [7, 11) is 1.38. The molecule has 0 N–H and O–H groups in total. The third-order valence-corrected chi connectivity index (χ3v) is 3.68. The Morgan fingerprint density at radius 1 is 1.47 bits per heavy atom. The fraction of sp³-hybridized carbons (Fsp3) is 0.615. The van der Waals surface area contributed by atoms with Crippen LogP contribution in [0.1, 0.15) is 17.7 Å². The van der Waals surface area contributed by atoms with Gasteiger partial charge in [0, 0.05) is 17.8 Å². The number of fused-ring (bicyclic) bond motifs is 1. The summed E-state index contributed by atoms with van der Waals surface area (Å²) in [5, 5.41) is 0. The molecular formula is C13H17N3O3. The Balaban J connectivity index is 1.82. The lowest BCUT2D eigenvalue weighted by molar-refractivity contribution is -0.154. The van der Waals surface area contributed by atoms with Crippen molar-refractivity contribution in [2.24, 2.45) is 0 Å². The van der Waals surface area contributed by atoms with E-state index in [-0.39, 0.29) is 5.97 Å². The zero-order valence-electron chi connectivity index (χ0n) is 11.0. The SMILES string of the molecule is COC(=O)C1CN(c2ncnc3c2CCC3)CCO1. The number of hydrogen-bond donors (Lipinski definition) is 0. The van der Waals surface area contributed by atoms with Gasteiger partial charge in [-0.15, -0.1) is 0 Å². The molecule has 1 aliphatic carbocycles. The first kappa shape index (κ1) is 12.3. The van der Waals surface area contributed by atoms with Gasteiger partial charge in [0.05, 0.1) is 20.3 Å². The number of nitrogens with zero attached hydrogens (tertiary/aromatic N) is 3. The minimum absolute atomic E-state index is 0.324. The fourth-order valence-corrected chi connectivity index (χ4v) is 2.73. The molecule has 1 aromatic rings. The molecule has 3 rings (SSSR count). The number of carbonyl (C=O) groups excluding carboxylic acids is 1. The van der Waals surface area contributed by atoms with Crippen LogP contribution in [0.3, 0.4) is 0 Å². The molecule has 0 aromatic carbocycles. The molecule has 6 heteroatoms. The van der Waals surface area contributed by atoms with E-state index in [0.717, 1.165) is 37.3 Å². The fourth-order valence-electron chi connectivity index (χ4n) is 2.73. The topological polar surface area (TPSA) is 64.5 Å². The van der Waals surface area contributed by atoms with E-state index in [9.17, 15) is 4.79 Å². The normalized spacial score (nSPS) is 22.2. The van der Waals surface area contributed by atoms with Crippen LogP contribution in [0.2, 0.25) is 0 Å². The van der Waals surface area contributed by atoms with Gasteiger partial charge in [-0.25, -0.2) is 14.8 Å². The number of ether oxygens (including phenoxy) is 2. The first-order valence-corrected chi connectivity index (χ1v) is 6.56. The molecule has 19 heavy (non-hydrogen) atoms. The summed E-state index contributed by atoms with van der Waals surface area (Å²) >= 11 is 0. The summed E-state index contributed by atoms with van der Waals surface area (Å²) < 4.78 is 10.2. The van der Waals surface area contributed by atoms with E-state index in [2.05, 4.69) is 14.9 Å². The van der Waals surface area contributed by atoms with Crippen molar-refractivity contribution < 1.29 is 14.3 Å². The smallest absolute Gasteiger partial charge is 0.336 e. The summed E-state index contributed by atoms with van der Waals surface area (Å²) in [4.78, 5) is 22.4. The van der Waals surface area contributed by atoms with Gasteiger partial charge in [0.25, 0.3) is 0 Å². The van der Waals surface area contributed by atoms with Gasteiger partial charge in [0.15, 0.2) is 6.10 Å². The summed E-state index contributed by atoms with van der Waals surface area (Å²) in [6, 6.07) is 0. The summed E-state index contributed by atoms with van der Waals surface area (Å²) in [5.74, 6) is 0.634. The maximum Gasteiger partial charge on any atom is 0.336 e. The van der Waals surface area contributed by atoms with Crippen LogP contribution in [0.4, 0.5) is 5.82 Å². The van der Waals surface area contributed by atoms with Crippen molar-refractivity contribution in [3.63, 3.8) is 0 Å². The van der Waals surface area contributed by atoms with Crippen molar-refractivity contribution in [3.8, 4) is 0 Å². The summed E-state index contributed by atoms with van der Waals surface area (Å²) in [6.07, 6.45) is 4.26. The van der Waals surface area contributed by atoms with Crippen molar-refractivity contribution in [1.82, 2.24) is 9.97 Å². The van der Waals surface area contributed by atoms with E-state index >= 15 is 0 Å². The predicted octanol–water partition coefficient (Wildman–Crippen LogP) is 0.343. The number of methoxy groups -OCH3 is 1. The quantitative estimate of drug-likeness (QED) is 0.717. The molecule has 1 aliphatic heterocycles. The maximum atomic E-state index is 11.6. The minimum atomic E-state index is -0.522. The van der Waals surface area contributed by atoms with Crippen molar-refractivity contribution in [1.29, 1.82) is 0 Å². The highest BCUT2D eigenvalue weighted by molar-refractivity contribution is 5.75. The lowest BCUT2D eigenvalue weighted by atomic mass is 10.2. The van der Waals surface area contributed by atoms with Gasteiger partial charge in [-0.05, 0) is 19.3 Å². The monoisotopic (exact) mass is 263 g/mol. The van der Waals surface area contributed by atoms with Crippen molar-refractivity contribution >= 4 is 11.8 Å². The van der Waals surface area contributed by atoms with E-state index in [1.165, 1.54) is 12.7 Å². The Bertz CT molecular complexity index is 492. The van der Waals surface area contributed by atoms with Crippen molar-refractivity contribution in [2.75, 3.05) is 31.7 Å². The van der Waals surface area contributed by atoms with Crippen LogP contribution in [0.15, 0.2) is 6.33 Å². The molecule has 1 aromatic heterocycles. The van der Waals surface area contributed by atoms with Crippen LogP contribution in [0.25, 0.3) is 0 Å². The molecule has 0 spiro atoms. The van der Waals surface area contributed by atoms with E-state index in [1.54, 1.807) is 6.33 Å². The van der Waals surface area contributed by atoms with Gasteiger partial charge in [0.2, 0.25) is 0 Å². The molecule has 0 radical (unpaired) electrons. The van der Waals surface area contributed by atoms with Gasteiger partial charge in [-0.2, -0.15) is 0 Å². The molecule has 1 saturated heterocycles. The number of anilines is 1. The highest BCUT2D eigenvalue weighted by Gasteiger charge is 2.30. The highest BCUT2D eigenvalue weighted by Crippen LogP contribution is 2.28. The number of carbonyl (C=O) groups is 1. The standard InChI is InChI=1S/C13H17N3O3/c1-18-13(17)11-7-16(5-6-19-11)12-9-3-2-4-10(9)14-8-15-12/h8,11H,2-7H2,1H3. The second kappa shape index (κ2) is 5.13. The minimum Gasteiger partial charge on any atom is -0.467 e. The Morgan fingerprint density at radius 2 is 2.37 bits per heavy atom. The van der Waals surface area contributed by atoms with Gasteiger partial charge in [0.1, 0.15) is 12.1 Å². The largest absolute Gasteiger partial charge is 0.467 e. The second-order valence-corrected chi connectivity index (χ2v) is 4.80. The first-order chi connectivity index (χ1) is 9.29. The number of aryl methyl sites for hydroxylation is 1. The van der Waals surface area contributed by atoms with Gasteiger partial charge < -0.3 is 14.4 Å². The van der Waals surface area contributed by atoms with E-state index in [1.807, 2.05) is 0 Å². The molecule has 0 amide bonds. The number of esters is 1. The number of morpholine rings is 1. The Hall–Kier alpha value is -1.69. The maximum absolute atomic E-state index is 11.6. The van der Waals surface area contributed by atoms with E-state index < -0.39 is 6.10 Å². The zero-order chi connectivity index (χ0) is 13.2. The molecule has 2 heterocycles. The number of aromatic nitrogens is 2. The second-order valence-electron chi connectivity index (χ2n) is 4.80. The van der Waals surface area contributed by atoms with E-state index in [4.69, 9.17) is 9.47 Å². The van der Waals surface area contributed by atoms with Gasteiger partial charge in [-0.1, -0.05) is 0 Å².